The molecule has 1 unspecified atom stereocenters. The lowest BCUT2D eigenvalue weighted by Crippen LogP contribution is -2.33. The number of carbonyl (C=O) groups is 2. The predicted octanol–water partition coefficient (Wildman–Crippen LogP) is 2.05. The van der Waals surface area contributed by atoms with Crippen LogP contribution in [0, 0.1) is 0 Å². The predicted molar refractivity (Wildman–Crippen MR) is 63.8 cm³/mol. The number of carbonyl (C=O) groups excluding carboxylic acids is 1. The summed E-state index contributed by atoms with van der Waals surface area (Å²) in [5.74, 6) is -0.719. The quantitative estimate of drug-likeness (QED) is 0.865. The number of benzene rings is 1. The molecular weight excluding hydrogens is 218 g/mol. The molecule has 0 aliphatic carbocycles. The molecule has 1 saturated heterocycles. The van der Waals surface area contributed by atoms with Gasteiger partial charge in [-0.2, -0.15) is 0 Å². The molecule has 0 spiro atoms. The number of hydrogen-bond acceptors (Lipinski definition) is 2. The van der Waals surface area contributed by atoms with Crippen molar-refractivity contribution in [1.82, 2.24) is 0 Å². The third-order valence-corrected chi connectivity index (χ3v) is 3.05. The number of nitrogens with zero attached hydrogens (tertiary/aromatic N) is 1. The van der Waals surface area contributed by atoms with E-state index in [0.29, 0.717) is 12.8 Å². The maximum atomic E-state index is 11.8. The Hall–Kier alpha value is -1.84. The van der Waals surface area contributed by atoms with Crippen molar-refractivity contribution >= 4 is 17.6 Å². The summed E-state index contributed by atoms with van der Waals surface area (Å²) in [5.41, 5.74) is 0.866. The summed E-state index contributed by atoms with van der Waals surface area (Å²) >= 11 is 0. The van der Waals surface area contributed by atoms with E-state index in [0.717, 1.165) is 12.1 Å². The molecule has 1 fully saturated rings. The summed E-state index contributed by atoms with van der Waals surface area (Å²) in [5, 5.41) is 8.69. The number of amides is 1. The first-order valence-corrected chi connectivity index (χ1v) is 5.77. The second-order valence-electron chi connectivity index (χ2n) is 4.22. The van der Waals surface area contributed by atoms with Crippen LogP contribution in [0.3, 0.4) is 0 Å². The maximum absolute atomic E-state index is 11.8. The van der Waals surface area contributed by atoms with Crippen LogP contribution in [0.5, 0.6) is 0 Å². The van der Waals surface area contributed by atoms with Crippen molar-refractivity contribution in [2.75, 3.05) is 4.90 Å². The Morgan fingerprint density at radius 2 is 2.06 bits per heavy atom. The molecule has 0 saturated carbocycles. The largest absolute Gasteiger partial charge is 0.481 e. The minimum Gasteiger partial charge on any atom is -0.481 e. The summed E-state index contributed by atoms with van der Waals surface area (Å²) in [6, 6.07) is 9.47. The van der Waals surface area contributed by atoms with Gasteiger partial charge in [-0.1, -0.05) is 18.2 Å². The lowest BCUT2D eigenvalue weighted by molar-refractivity contribution is -0.137. The van der Waals surface area contributed by atoms with Gasteiger partial charge in [-0.05, 0) is 25.0 Å². The van der Waals surface area contributed by atoms with Crippen molar-refractivity contribution in [3.63, 3.8) is 0 Å². The molecule has 1 amide bonds. The fourth-order valence-electron chi connectivity index (χ4n) is 2.25. The first kappa shape index (κ1) is 11.6. The number of hydrogen-bond donors (Lipinski definition) is 1. The van der Waals surface area contributed by atoms with Crippen LogP contribution in [0.4, 0.5) is 5.69 Å². The van der Waals surface area contributed by atoms with Crippen LogP contribution in [-0.2, 0) is 9.59 Å². The summed E-state index contributed by atoms with van der Waals surface area (Å²) in [6.45, 7) is 0. The van der Waals surface area contributed by atoms with E-state index in [1.807, 2.05) is 30.3 Å². The molecule has 0 bridgehead atoms. The van der Waals surface area contributed by atoms with Gasteiger partial charge in [-0.3, -0.25) is 9.59 Å². The van der Waals surface area contributed by atoms with Gasteiger partial charge in [0.05, 0.1) is 0 Å². The second-order valence-corrected chi connectivity index (χ2v) is 4.22. The average Bonchev–Trinajstić information content (AvgIpc) is 2.69. The molecule has 1 atom stereocenters. The molecule has 1 aliphatic rings. The number of aliphatic carboxylic acids is 1. The highest BCUT2D eigenvalue weighted by atomic mass is 16.4. The van der Waals surface area contributed by atoms with Crippen LogP contribution in [0.15, 0.2) is 30.3 Å². The molecule has 2 rings (SSSR count). The summed E-state index contributed by atoms with van der Waals surface area (Å²) < 4.78 is 0. The van der Waals surface area contributed by atoms with Crippen molar-refractivity contribution in [2.24, 2.45) is 0 Å². The Bertz CT molecular complexity index is 416. The number of anilines is 1. The molecule has 0 aromatic heterocycles. The van der Waals surface area contributed by atoms with E-state index in [2.05, 4.69) is 0 Å². The van der Waals surface area contributed by atoms with Crippen LogP contribution in [0.1, 0.15) is 25.7 Å². The van der Waals surface area contributed by atoms with Gasteiger partial charge in [0.25, 0.3) is 0 Å². The fraction of sp³-hybridized carbons (Fsp3) is 0.385. The van der Waals surface area contributed by atoms with E-state index in [1.54, 1.807) is 4.90 Å². The monoisotopic (exact) mass is 233 g/mol. The minimum atomic E-state index is -0.808. The van der Waals surface area contributed by atoms with E-state index in [-0.39, 0.29) is 18.4 Å². The Morgan fingerprint density at radius 3 is 2.71 bits per heavy atom. The van der Waals surface area contributed by atoms with Gasteiger partial charge < -0.3 is 10.0 Å². The van der Waals surface area contributed by atoms with E-state index < -0.39 is 5.97 Å². The smallest absolute Gasteiger partial charge is 0.303 e. The highest BCUT2D eigenvalue weighted by Gasteiger charge is 2.31. The van der Waals surface area contributed by atoms with Gasteiger partial charge in [-0.25, -0.2) is 0 Å². The zero-order chi connectivity index (χ0) is 12.3. The van der Waals surface area contributed by atoms with E-state index >= 15 is 0 Å². The first-order valence-electron chi connectivity index (χ1n) is 5.77. The van der Waals surface area contributed by atoms with Gasteiger partial charge in [0, 0.05) is 24.6 Å². The molecule has 1 aliphatic heterocycles. The normalized spacial score (nSPS) is 19.6. The van der Waals surface area contributed by atoms with Crippen LogP contribution in [0.25, 0.3) is 0 Å². The highest BCUT2D eigenvalue weighted by molar-refractivity contribution is 5.96. The van der Waals surface area contributed by atoms with Crippen LogP contribution in [0.2, 0.25) is 0 Å². The van der Waals surface area contributed by atoms with Gasteiger partial charge in [0.1, 0.15) is 0 Å². The zero-order valence-corrected chi connectivity index (χ0v) is 9.50. The molecule has 1 N–H and O–H groups in total. The lowest BCUT2D eigenvalue weighted by Gasteiger charge is -2.24. The molecular formula is C13H15NO3. The van der Waals surface area contributed by atoms with Crippen molar-refractivity contribution in [3.05, 3.63) is 30.3 Å². The number of para-hydroxylation sites is 1. The van der Waals surface area contributed by atoms with Gasteiger partial charge in [0.2, 0.25) is 5.91 Å². The second kappa shape index (κ2) is 4.99. The fourth-order valence-corrected chi connectivity index (χ4v) is 2.25. The van der Waals surface area contributed by atoms with Crippen LogP contribution in [-0.4, -0.2) is 23.0 Å². The topological polar surface area (TPSA) is 57.6 Å². The number of carboxylic acid groups (broad SMARTS) is 1. The van der Waals surface area contributed by atoms with Gasteiger partial charge >= 0.3 is 5.97 Å². The van der Waals surface area contributed by atoms with Gasteiger partial charge in [0.15, 0.2) is 0 Å². The molecule has 17 heavy (non-hydrogen) atoms. The molecule has 1 heterocycles. The molecule has 0 radical (unpaired) electrons. The SMILES string of the molecule is O=C(O)CCC1CCC(=O)N1c1ccccc1. The lowest BCUT2D eigenvalue weighted by atomic mass is 10.1. The van der Waals surface area contributed by atoms with Crippen molar-refractivity contribution in [1.29, 1.82) is 0 Å². The number of carboxylic acids is 1. The van der Waals surface area contributed by atoms with Crippen molar-refractivity contribution in [2.45, 2.75) is 31.7 Å². The Balaban J connectivity index is 2.12. The zero-order valence-electron chi connectivity index (χ0n) is 9.50. The summed E-state index contributed by atoms with van der Waals surface area (Å²) in [7, 11) is 0. The average molecular weight is 233 g/mol. The minimum absolute atomic E-state index is 0.0287. The molecule has 90 valence electrons. The standard InChI is InChI=1S/C13H15NO3/c15-12-8-6-11(7-9-13(16)17)14(12)10-4-2-1-3-5-10/h1-5,11H,6-9H2,(H,16,17). The Labute approximate surface area is 99.9 Å². The highest BCUT2D eigenvalue weighted by Crippen LogP contribution is 2.28. The van der Waals surface area contributed by atoms with Crippen LogP contribution >= 0.6 is 0 Å². The third-order valence-electron chi connectivity index (χ3n) is 3.05. The maximum Gasteiger partial charge on any atom is 0.303 e. The summed E-state index contributed by atoms with van der Waals surface area (Å²) in [6.07, 6.45) is 1.90. The van der Waals surface area contributed by atoms with Crippen molar-refractivity contribution in [3.8, 4) is 0 Å². The van der Waals surface area contributed by atoms with Crippen LogP contribution < -0.4 is 4.90 Å². The van der Waals surface area contributed by atoms with Gasteiger partial charge in [-0.15, -0.1) is 0 Å². The van der Waals surface area contributed by atoms with E-state index in [4.69, 9.17) is 5.11 Å². The molecule has 1 aromatic carbocycles. The summed E-state index contributed by atoms with van der Waals surface area (Å²) in [4.78, 5) is 24.1. The third kappa shape index (κ3) is 2.64. The van der Waals surface area contributed by atoms with E-state index in [9.17, 15) is 9.59 Å². The Morgan fingerprint density at radius 1 is 1.35 bits per heavy atom. The number of rotatable bonds is 4. The first-order chi connectivity index (χ1) is 8.18. The molecule has 4 nitrogen and oxygen atoms in total. The molecule has 4 heteroatoms. The molecule has 1 aromatic rings. The Kier molecular flexibility index (Phi) is 3.42. The van der Waals surface area contributed by atoms with Crippen molar-refractivity contribution < 1.29 is 14.7 Å². The van der Waals surface area contributed by atoms with E-state index in [1.165, 1.54) is 0 Å².